The zero-order valence-electron chi connectivity index (χ0n) is 10.9. The molecule has 0 saturated heterocycles. The minimum Gasteiger partial charge on any atom is -0.481 e. The Morgan fingerprint density at radius 3 is 2.61 bits per heavy atom. The molecule has 0 aromatic carbocycles. The molecule has 1 heterocycles. The lowest BCUT2D eigenvalue weighted by molar-refractivity contribution is -0.149. The van der Waals surface area contributed by atoms with Crippen LogP contribution in [0.4, 0.5) is 0 Å². The molecule has 0 atom stereocenters. The van der Waals surface area contributed by atoms with Gasteiger partial charge in [-0.25, -0.2) is 0 Å². The van der Waals surface area contributed by atoms with Crippen molar-refractivity contribution in [2.45, 2.75) is 33.7 Å². The fourth-order valence-corrected chi connectivity index (χ4v) is 1.43. The van der Waals surface area contributed by atoms with E-state index < -0.39 is 11.4 Å². The fraction of sp³-hybridized carbons (Fsp3) is 0.462. The number of nitrogens with one attached hydrogen (secondary N) is 1. The van der Waals surface area contributed by atoms with Crippen LogP contribution in [0.5, 0.6) is 0 Å². The van der Waals surface area contributed by atoms with Crippen molar-refractivity contribution in [3.63, 3.8) is 0 Å². The third-order valence-corrected chi connectivity index (χ3v) is 2.59. The van der Waals surface area contributed by atoms with E-state index in [-0.39, 0.29) is 12.3 Å². The summed E-state index contributed by atoms with van der Waals surface area (Å²) in [5.41, 5.74) is 0.591. The number of pyridine rings is 1. The molecule has 2 N–H and O–H groups in total. The molecule has 18 heavy (non-hydrogen) atoms. The standard InChI is InChI=1S/C13H18N2O3/c1-9-5-4-6-10(15-9)8-14-11(16)7-13(2,3)12(17)18/h4-6H,7-8H2,1-3H3,(H,14,16)(H,17,18). The monoisotopic (exact) mass is 250 g/mol. The maximum absolute atomic E-state index is 11.6. The molecule has 5 nitrogen and oxygen atoms in total. The first kappa shape index (κ1) is 14.2. The topological polar surface area (TPSA) is 79.3 Å². The van der Waals surface area contributed by atoms with Crippen LogP contribution in [0.25, 0.3) is 0 Å². The number of aromatic nitrogens is 1. The fourth-order valence-electron chi connectivity index (χ4n) is 1.43. The predicted molar refractivity (Wildman–Crippen MR) is 66.9 cm³/mol. The number of hydrogen-bond donors (Lipinski definition) is 2. The Kier molecular flexibility index (Phi) is 4.42. The Bertz CT molecular complexity index is 455. The summed E-state index contributed by atoms with van der Waals surface area (Å²) in [6.07, 6.45) is -0.0475. The van der Waals surface area contributed by atoms with E-state index in [4.69, 9.17) is 5.11 Å². The highest BCUT2D eigenvalue weighted by Gasteiger charge is 2.29. The van der Waals surface area contributed by atoms with Gasteiger partial charge in [-0.1, -0.05) is 6.07 Å². The first-order valence-electron chi connectivity index (χ1n) is 5.74. The van der Waals surface area contributed by atoms with Gasteiger partial charge in [-0.15, -0.1) is 0 Å². The summed E-state index contributed by atoms with van der Waals surface area (Å²) in [4.78, 5) is 26.7. The average Bonchev–Trinajstić information content (AvgIpc) is 2.25. The summed E-state index contributed by atoms with van der Waals surface area (Å²) in [5, 5.41) is 11.6. The van der Waals surface area contributed by atoms with Crippen LogP contribution in [0.2, 0.25) is 0 Å². The molecule has 5 heteroatoms. The van der Waals surface area contributed by atoms with Gasteiger partial charge < -0.3 is 10.4 Å². The molecule has 0 unspecified atom stereocenters. The van der Waals surface area contributed by atoms with Crippen LogP contribution in [-0.4, -0.2) is 22.0 Å². The van der Waals surface area contributed by atoms with Crippen LogP contribution in [0.3, 0.4) is 0 Å². The van der Waals surface area contributed by atoms with E-state index in [0.29, 0.717) is 6.54 Å². The molecule has 0 fully saturated rings. The van der Waals surface area contributed by atoms with Gasteiger partial charge >= 0.3 is 5.97 Å². The van der Waals surface area contributed by atoms with Gasteiger partial charge in [0.05, 0.1) is 17.7 Å². The van der Waals surface area contributed by atoms with Crippen molar-refractivity contribution >= 4 is 11.9 Å². The van der Waals surface area contributed by atoms with Crippen LogP contribution in [-0.2, 0) is 16.1 Å². The van der Waals surface area contributed by atoms with Gasteiger partial charge in [-0.2, -0.15) is 0 Å². The van der Waals surface area contributed by atoms with Gasteiger partial charge in [-0.3, -0.25) is 14.6 Å². The van der Waals surface area contributed by atoms with E-state index in [1.165, 1.54) is 13.8 Å². The number of carboxylic acid groups (broad SMARTS) is 1. The number of aliphatic carboxylic acids is 1. The SMILES string of the molecule is Cc1cccc(CNC(=O)CC(C)(C)C(=O)O)n1. The minimum atomic E-state index is -1.05. The predicted octanol–water partition coefficient (Wildman–Crippen LogP) is 1.51. The molecule has 0 spiro atoms. The van der Waals surface area contributed by atoms with Crippen LogP contribution in [0.1, 0.15) is 31.7 Å². The molecule has 1 amide bonds. The highest BCUT2D eigenvalue weighted by Crippen LogP contribution is 2.19. The first-order chi connectivity index (χ1) is 8.31. The van der Waals surface area contributed by atoms with Crippen molar-refractivity contribution in [1.29, 1.82) is 0 Å². The summed E-state index contributed by atoms with van der Waals surface area (Å²) < 4.78 is 0. The van der Waals surface area contributed by atoms with E-state index in [1.54, 1.807) is 0 Å². The van der Waals surface area contributed by atoms with Gasteiger partial charge in [0, 0.05) is 12.1 Å². The van der Waals surface area contributed by atoms with E-state index >= 15 is 0 Å². The van der Waals surface area contributed by atoms with E-state index in [9.17, 15) is 9.59 Å². The lowest BCUT2D eigenvalue weighted by atomic mass is 9.89. The number of carbonyl (C=O) groups excluding carboxylic acids is 1. The summed E-state index contributed by atoms with van der Waals surface area (Å²) >= 11 is 0. The first-order valence-corrected chi connectivity index (χ1v) is 5.74. The Hall–Kier alpha value is -1.91. The third kappa shape index (κ3) is 4.16. The van der Waals surface area contributed by atoms with Gasteiger partial charge in [0.2, 0.25) is 5.91 Å². The zero-order chi connectivity index (χ0) is 13.8. The van der Waals surface area contributed by atoms with Gasteiger partial charge in [0.25, 0.3) is 0 Å². The Morgan fingerprint density at radius 1 is 1.39 bits per heavy atom. The van der Waals surface area contributed by atoms with Crippen molar-refractivity contribution < 1.29 is 14.7 Å². The molecule has 98 valence electrons. The Labute approximate surface area is 106 Å². The van der Waals surface area contributed by atoms with Crippen molar-refractivity contribution in [2.24, 2.45) is 5.41 Å². The number of amides is 1. The summed E-state index contributed by atoms with van der Waals surface area (Å²) in [5.74, 6) is -1.27. The number of carboxylic acids is 1. The van der Waals surface area contributed by atoms with E-state index in [1.807, 2.05) is 25.1 Å². The normalized spacial score (nSPS) is 11.1. The van der Waals surface area contributed by atoms with Crippen LogP contribution in [0.15, 0.2) is 18.2 Å². The summed E-state index contributed by atoms with van der Waals surface area (Å²) in [7, 11) is 0. The molecular weight excluding hydrogens is 232 g/mol. The van der Waals surface area contributed by atoms with Crippen molar-refractivity contribution in [1.82, 2.24) is 10.3 Å². The second-order valence-electron chi connectivity index (χ2n) is 4.91. The molecular formula is C13H18N2O3. The number of rotatable bonds is 5. The minimum absolute atomic E-state index is 0.0475. The highest BCUT2D eigenvalue weighted by molar-refractivity contribution is 5.84. The van der Waals surface area contributed by atoms with Crippen LogP contribution < -0.4 is 5.32 Å². The van der Waals surface area contributed by atoms with Crippen LogP contribution in [0, 0.1) is 12.3 Å². The van der Waals surface area contributed by atoms with Gasteiger partial charge in [0.15, 0.2) is 0 Å². The third-order valence-electron chi connectivity index (χ3n) is 2.59. The maximum Gasteiger partial charge on any atom is 0.309 e. The van der Waals surface area contributed by atoms with Crippen molar-refractivity contribution in [3.8, 4) is 0 Å². The molecule has 0 radical (unpaired) electrons. The Morgan fingerprint density at radius 2 is 2.06 bits per heavy atom. The summed E-state index contributed by atoms with van der Waals surface area (Å²) in [6.45, 7) is 5.24. The molecule has 0 aliphatic heterocycles. The highest BCUT2D eigenvalue weighted by atomic mass is 16.4. The van der Waals surface area contributed by atoms with Crippen molar-refractivity contribution in [2.75, 3.05) is 0 Å². The van der Waals surface area contributed by atoms with E-state index in [0.717, 1.165) is 11.4 Å². The second kappa shape index (κ2) is 5.62. The lowest BCUT2D eigenvalue weighted by Gasteiger charge is -2.18. The molecule has 0 aliphatic carbocycles. The molecule has 1 aromatic rings. The number of aryl methyl sites for hydroxylation is 1. The number of nitrogens with zero attached hydrogens (tertiary/aromatic N) is 1. The molecule has 0 saturated carbocycles. The molecule has 1 aromatic heterocycles. The molecule has 1 rings (SSSR count). The number of carbonyl (C=O) groups is 2. The number of hydrogen-bond acceptors (Lipinski definition) is 3. The molecule has 0 aliphatic rings. The zero-order valence-corrected chi connectivity index (χ0v) is 10.9. The van der Waals surface area contributed by atoms with Crippen molar-refractivity contribution in [3.05, 3.63) is 29.6 Å². The largest absolute Gasteiger partial charge is 0.481 e. The van der Waals surface area contributed by atoms with Crippen LogP contribution >= 0.6 is 0 Å². The maximum atomic E-state index is 11.6. The second-order valence-corrected chi connectivity index (χ2v) is 4.91. The Balaban J connectivity index is 2.50. The quantitative estimate of drug-likeness (QED) is 0.830. The smallest absolute Gasteiger partial charge is 0.309 e. The lowest BCUT2D eigenvalue weighted by Crippen LogP contribution is -2.33. The van der Waals surface area contributed by atoms with E-state index in [2.05, 4.69) is 10.3 Å². The average molecular weight is 250 g/mol. The molecule has 0 bridgehead atoms. The van der Waals surface area contributed by atoms with Gasteiger partial charge in [0.1, 0.15) is 0 Å². The summed E-state index contributed by atoms with van der Waals surface area (Å²) in [6, 6.07) is 5.56. The van der Waals surface area contributed by atoms with Gasteiger partial charge in [-0.05, 0) is 32.9 Å².